The lowest BCUT2D eigenvalue weighted by Gasteiger charge is -2.06. The molecule has 0 saturated carbocycles. The molecule has 2 nitrogen and oxygen atoms in total. The maximum atomic E-state index is 5.88. The molecule has 0 unspecified atom stereocenters. The first-order valence-corrected chi connectivity index (χ1v) is 5.92. The number of nitrogen functional groups attached to an aromatic ring is 1. The van der Waals surface area contributed by atoms with E-state index in [0.717, 1.165) is 23.9 Å². The average Bonchev–Trinajstić information content (AvgIpc) is 2.29. The molecule has 0 aliphatic rings. The third kappa shape index (κ3) is 2.01. The largest absolute Gasteiger partial charge is 0.383 e. The van der Waals surface area contributed by atoms with E-state index in [4.69, 9.17) is 5.73 Å². The molecule has 16 heavy (non-hydrogen) atoms. The van der Waals surface area contributed by atoms with Gasteiger partial charge in [-0.1, -0.05) is 26.3 Å². The summed E-state index contributed by atoms with van der Waals surface area (Å²) < 4.78 is 0. The van der Waals surface area contributed by atoms with Crippen molar-refractivity contribution in [3.8, 4) is 0 Å². The molecule has 2 N–H and O–H groups in total. The van der Waals surface area contributed by atoms with Crippen molar-refractivity contribution in [3.05, 3.63) is 35.4 Å². The molecule has 2 heteroatoms. The van der Waals surface area contributed by atoms with Crippen LogP contribution in [0, 0.1) is 0 Å². The first-order chi connectivity index (χ1) is 7.74. The summed E-state index contributed by atoms with van der Waals surface area (Å²) in [7, 11) is 0. The number of aryl methyl sites for hydroxylation is 2. The Balaban J connectivity index is 2.54. The first kappa shape index (κ1) is 10.9. The lowest BCUT2D eigenvalue weighted by molar-refractivity contribution is 0.923. The lowest BCUT2D eigenvalue weighted by atomic mass is 10.0. The molecule has 0 radical (unpaired) electrons. The fourth-order valence-electron chi connectivity index (χ4n) is 2.01. The Labute approximate surface area is 96.5 Å². The number of hydrogen-bond donors (Lipinski definition) is 1. The van der Waals surface area contributed by atoms with Gasteiger partial charge in [-0.2, -0.15) is 0 Å². The highest BCUT2D eigenvalue weighted by molar-refractivity contribution is 5.82. The molecule has 2 rings (SSSR count). The predicted octanol–water partition coefficient (Wildman–Crippen LogP) is 3.33. The normalized spacial score (nSPS) is 10.9. The Bertz CT molecular complexity index is 503. The molecule has 1 heterocycles. The van der Waals surface area contributed by atoms with Gasteiger partial charge in [-0.05, 0) is 42.2 Å². The van der Waals surface area contributed by atoms with Crippen LogP contribution in [0.2, 0.25) is 0 Å². The maximum absolute atomic E-state index is 5.88. The van der Waals surface area contributed by atoms with Gasteiger partial charge in [0.2, 0.25) is 0 Å². The minimum absolute atomic E-state index is 0.665. The zero-order chi connectivity index (χ0) is 11.5. The Morgan fingerprint density at radius 1 is 1.19 bits per heavy atom. The van der Waals surface area contributed by atoms with Gasteiger partial charge < -0.3 is 5.73 Å². The number of fused-ring (bicyclic) bond motifs is 1. The van der Waals surface area contributed by atoms with Gasteiger partial charge in [0.1, 0.15) is 5.82 Å². The molecule has 0 spiro atoms. The summed E-state index contributed by atoms with van der Waals surface area (Å²) in [5.41, 5.74) is 9.40. The SMILES string of the molecule is CCCc1ccc2nc(N)c(CC)cc2c1. The van der Waals surface area contributed by atoms with Gasteiger partial charge in [-0.25, -0.2) is 4.98 Å². The number of benzene rings is 1. The molecule has 0 aliphatic carbocycles. The number of rotatable bonds is 3. The third-order valence-corrected chi connectivity index (χ3v) is 2.91. The molecular weight excluding hydrogens is 196 g/mol. The van der Waals surface area contributed by atoms with E-state index in [-0.39, 0.29) is 0 Å². The van der Waals surface area contributed by atoms with Crippen molar-refractivity contribution in [2.45, 2.75) is 33.1 Å². The van der Waals surface area contributed by atoms with E-state index in [0.29, 0.717) is 5.82 Å². The van der Waals surface area contributed by atoms with Crippen LogP contribution in [0.3, 0.4) is 0 Å². The summed E-state index contributed by atoms with van der Waals surface area (Å²) in [5.74, 6) is 0.665. The van der Waals surface area contributed by atoms with Gasteiger partial charge in [-0.15, -0.1) is 0 Å². The molecule has 0 saturated heterocycles. The summed E-state index contributed by atoms with van der Waals surface area (Å²) in [4.78, 5) is 4.43. The summed E-state index contributed by atoms with van der Waals surface area (Å²) in [6.45, 7) is 4.30. The van der Waals surface area contributed by atoms with Crippen LogP contribution in [0.4, 0.5) is 5.82 Å². The predicted molar refractivity (Wildman–Crippen MR) is 69.5 cm³/mol. The van der Waals surface area contributed by atoms with Gasteiger partial charge in [0.25, 0.3) is 0 Å². The monoisotopic (exact) mass is 214 g/mol. The molecule has 0 amide bonds. The molecule has 0 bridgehead atoms. The van der Waals surface area contributed by atoms with Crippen LogP contribution in [0.1, 0.15) is 31.4 Å². The van der Waals surface area contributed by atoms with Crippen LogP contribution in [0.5, 0.6) is 0 Å². The smallest absolute Gasteiger partial charge is 0.127 e. The van der Waals surface area contributed by atoms with Gasteiger partial charge in [0.15, 0.2) is 0 Å². The number of nitrogens with two attached hydrogens (primary N) is 1. The standard InChI is InChI=1S/C14H18N2/c1-3-5-10-6-7-13-12(8-10)9-11(4-2)14(15)16-13/h6-9H,3-5H2,1-2H3,(H2,15,16). The highest BCUT2D eigenvalue weighted by Crippen LogP contribution is 2.20. The second kappa shape index (κ2) is 4.52. The molecule has 0 aliphatic heterocycles. The minimum atomic E-state index is 0.665. The van der Waals surface area contributed by atoms with Crippen molar-refractivity contribution in [1.29, 1.82) is 0 Å². The van der Waals surface area contributed by atoms with Crippen LogP contribution in [0.25, 0.3) is 10.9 Å². The van der Waals surface area contributed by atoms with E-state index in [1.54, 1.807) is 0 Å². The first-order valence-electron chi connectivity index (χ1n) is 5.92. The van der Waals surface area contributed by atoms with Crippen molar-refractivity contribution in [2.75, 3.05) is 5.73 Å². The second-order valence-electron chi connectivity index (χ2n) is 4.16. The van der Waals surface area contributed by atoms with Crippen LogP contribution >= 0.6 is 0 Å². The number of hydrogen-bond acceptors (Lipinski definition) is 2. The van der Waals surface area contributed by atoms with Gasteiger partial charge >= 0.3 is 0 Å². The maximum Gasteiger partial charge on any atom is 0.127 e. The molecule has 1 aromatic heterocycles. The van der Waals surface area contributed by atoms with Crippen molar-refractivity contribution in [3.63, 3.8) is 0 Å². The number of nitrogens with zero attached hydrogens (tertiary/aromatic N) is 1. The Kier molecular flexibility index (Phi) is 3.09. The van der Waals surface area contributed by atoms with E-state index in [1.165, 1.54) is 17.4 Å². The van der Waals surface area contributed by atoms with E-state index >= 15 is 0 Å². The van der Waals surface area contributed by atoms with Gasteiger partial charge in [-0.3, -0.25) is 0 Å². The Hall–Kier alpha value is -1.57. The van der Waals surface area contributed by atoms with E-state index in [1.807, 2.05) is 0 Å². The molecule has 2 aromatic rings. The van der Waals surface area contributed by atoms with E-state index < -0.39 is 0 Å². The highest BCUT2D eigenvalue weighted by atomic mass is 14.8. The van der Waals surface area contributed by atoms with Crippen molar-refractivity contribution >= 4 is 16.7 Å². The number of aromatic nitrogens is 1. The summed E-state index contributed by atoms with van der Waals surface area (Å²) in [5, 5.41) is 1.21. The number of anilines is 1. The van der Waals surface area contributed by atoms with Crippen LogP contribution in [-0.4, -0.2) is 4.98 Å². The van der Waals surface area contributed by atoms with Crippen LogP contribution in [-0.2, 0) is 12.8 Å². The summed E-state index contributed by atoms with van der Waals surface area (Å²) in [6.07, 6.45) is 3.24. The zero-order valence-electron chi connectivity index (χ0n) is 9.96. The average molecular weight is 214 g/mol. The van der Waals surface area contributed by atoms with E-state index in [2.05, 4.69) is 43.1 Å². The lowest BCUT2D eigenvalue weighted by Crippen LogP contribution is -1.97. The minimum Gasteiger partial charge on any atom is -0.383 e. The molecule has 1 aromatic carbocycles. The molecular formula is C14H18N2. The zero-order valence-corrected chi connectivity index (χ0v) is 9.96. The van der Waals surface area contributed by atoms with Gasteiger partial charge in [0.05, 0.1) is 5.52 Å². The topological polar surface area (TPSA) is 38.9 Å². The fraction of sp³-hybridized carbons (Fsp3) is 0.357. The van der Waals surface area contributed by atoms with Crippen molar-refractivity contribution < 1.29 is 0 Å². The second-order valence-corrected chi connectivity index (χ2v) is 4.16. The highest BCUT2D eigenvalue weighted by Gasteiger charge is 2.03. The quantitative estimate of drug-likeness (QED) is 0.851. The molecule has 0 fully saturated rings. The van der Waals surface area contributed by atoms with Crippen molar-refractivity contribution in [2.24, 2.45) is 0 Å². The molecule has 0 atom stereocenters. The third-order valence-electron chi connectivity index (χ3n) is 2.91. The summed E-state index contributed by atoms with van der Waals surface area (Å²) in [6, 6.07) is 8.60. The van der Waals surface area contributed by atoms with Gasteiger partial charge in [0, 0.05) is 5.39 Å². The molecule has 84 valence electrons. The Morgan fingerprint density at radius 2 is 2.00 bits per heavy atom. The van der Waals surface area contributed by atoms with Crippen molar-refractivity contribution in [1.82, 2.24) is 4.98 Å². The number of pyridine rings is 1. The van der Waals surface area contributed by atoms with E-state index in [9.17, 15) is 0 Å². The van der Waals surface area contributed by atoms with Crippen LogP contribution in [0.15, 0.2) is 24.3 Å². The van der Waals surface area contributed by atoms with Crippen LogP contribution < -0.4 is 5.73 Å². The fourth-order valence-corrected chi connectivity index (χ4v) is 2.01. The Morgan fingerprint density at radius 3 is 2.69 bits per heavy atom. The summed E-state index contributed by atoms with van der Waals surface area (Å²) >= 11 is 0.